The Labute approximate surface area is 126 Å². The van der Waals surface area contributed by atoms with E-state index < -0.39 is 6.10 Å². The van der Waals surface area contributed by atoms with Gasteiger partial charge < -0.3 is 9.84 Å². The molecule has 1 unspecified atom stereocenters. The van der Waals surface area contributed by atoms with Gasteiger partial charge in [0, 0.05) is 18.7 Å². The normalized spacial score (nSPS) is 12.4. The molecule has 0 aliphatic heterocycles. The van der Waals surface area contributed by atoms with Crippen LogP contribution in [0.15, 0.2) is 48.5 Å². The highest BCUT2D eigenvalue weighted by atomic mass is 16.5. The summed E-state index contributed by atoms with van der Waals surface area (Å²) in [4.78, 5) is 2.24. The van der Waals surface area contributed by atoms with Crippen molar-refractivity contribution >= 4 is 0 Å². The second-order valence-corrected chi connectivity index (χ2v) is 5.41. The molecule has 0 aromatic heterocycles. The lowest BCUT2D eigenvalue weighted by atomic mass is 10.1. The van der Waals surface area contributed by atoms with Crippen molar-refractivity contribution in [2.75, 3.05) is 14.2 Å². The summed E-state index contributed by atoms with van der Waals surface area (Å²) >= 11 is 0. The van der Waals surface area contributed by atoms with Crippen molar-refractivity contribution in [1.82, 2.24) is 4.90 Å². The summed E-state index contributed by atoms with van der Waals surface area (Å²) in [6.45, 7) is 3.43. The van der Waals surface area contributed by atoms with E-state index in [4.69, 9.17) is 4.74 Å². The van der Waals surface area contributed by atoms with E-state index in [2.05, 4.69) is 36.2 Å². The van der Waals surface area contributed by atoms with Gasteiger partial charge in [-0.3, -0.25) is 4.90 Å². The molecule has 0 amide bonds. The lowest BCUT2D eigenvalue weighted by molar-refractivity contribution is 0.199. The standard InChI is InChI=1S/C18H23NO2/c1-14(20)16-9-10-18(21-3)17(11-16)13-19(2)12-15-7-5-4-6-8-15/h4-11,14,20H,12-13H2,1-3H3. The number of hydrogen-bond acceptors (Lipinski definition) is 3. The van der Waals surface area contributed by atoms with E-state index in [1.54, 1.807) is 14.0 Å². The van der Waals surface area contributed by atoms with Crippen LogP contribution in [0, 0.1) is 0 Å². The van der Waals surface area contributed by atoms with Crippen molar-refractivity contribution in [2.45, 2.75) is 26.1 Å². The van der Waals surface area contributed by atoms with Crippen LogP contribution in [0.25, 0.3) is 0 Å². The first-order valence-electron chi connectivity index (χ1n) is 7.17. The van der Waals surface area contributed by atoms with Crippen molar-refractivity contribution in [3.63, 3.8) is 0 Å². The Kier molecular flexibility index (Phi) is 5.37. The molecule has 1 N–H and O–H groups in total. The molecule has 0 radical (unpaired) electrons. The molecule has 2 rings (SSSR count). The lowest BCUT2D eigenvalue weighted by Gasteiger charge is -2.19. The summed E-state index contributed by atoms with van der Waals surface area (Å²) in [5.41, 5.74) is 3.29. The fraction of sp³-hybridized carbons (Fsp3) is 0.333. The molecule has 0 fully saturated rings. The Morgan fingerprint density at radius 1 is 1.10 bits per heavy atom. The van der Waals surface area contributed by atoms with Gasteiger partial charge in [0.25, 0.3) is 0 Å². The number of aliphatic hydroxyl groups excluding tert-OH is 1. The predicted molar refractivity (Wildman–Crippen MR) is 85.2 cm³/mol. The third kappa shape index (κ3) is 4.31. The van der Waals surface area contributed by atoms with Crippen molar-refractivity contribution in [2.24, 2.45) is 0 Å². The van der Waals surface area contributed by atoms with E-state index in [0.29, 0.717) is 0 Å². The van der Waals surface area contributed by atoms with Crippen molar-refractivity contribution < 1.29 is 9.84 Å². The van der Waals surface area contributed by atoms with Gasteiger partial charge in [0.15, 0.2) is 0 Å². The third-order valence-electron chi connectivity index (χ3n) is 3.52. The van der Waals surface area contributed by atoms with Gasteiger partial charge >= 0.3 is 0 Å². The minimum atomic E-state index is -0.464. The van der Waals surface area contributed by atoms with Gasteiger partial charge in [0.2, 0.25) is 0 Å². The number of ether oxygens (including phenoxy) is 1. The average Bonchev–Trinajstić information content (AvgIpc) is 2.48. The number of benzene rings is 2. The molecule has 2 aromatic carbocycles. The van der Waals surface area contributed by atoms with E-state index in [1.807, 2.05) is 24.3 Å². The average molecular weight is 285 g/mol. The summed E-state index contributed by atoms with van der Waals surface area (Å²) < 4.78 is 5.42. The van der Waals surface area contributed by atoms with Gasteiger partial charge in [-0.2, -0.15) is 0 Å². The maximum atomic E-state index is 9.73. The van der Waals surface area contributed by atoms with Gasteiger partial charge in [-0.25, -0.2) is 0 Å². The molecule has 2 aromatic rings. The molecule has 112 valence electrons. The highest BCUT2D eigenvalue weighted by molar-refractivity contribution is 5.38. The van der Waals surface area contributed by atoms with Crippen LogP contribution in [0.2, 0.25) is 0 Å². The quantitative estimate of drug-likeness (QED) is 0.883. The zero-order valence-electron chi connectivity index (χ0n) is 12.9. The van der Waals surface area contributed by atoms with Crippen LogP contribution in [0.3, 0.4) is 0 Å². The highest BCUT2D eigenvalue weighted by Gasteiger charge is 2.10. The molecule has 0 aliphatic rings. The topological polar surface area (TPSA) is 32.7 Å². The van der Waals surface area contributed by atoms with Crippen LogP contribution in [0.4, 0.5) is 0 Å². The van der Waals surface area contributed by atoms with Crippen molar-refractivity contribution in [3.8, 4) is 5.75 Å². The number of methoxy groups -OCH3 is 1. The number of hydrogen-bond donors (Lipinski definition) is 1. The van der Waals surface area contributed by atoms with Crippen LogP contribution >= 0.6 is 0 Å². The molecular weight excluding hydrogens is 262 g/mol. The van der Waals surface area contributed by atoms with Crippen LogP contribution in [0.1, 0.15) is 29.7 Å². The monoisotopic (exact) mass is 285 g/mol. The Hall–Kier alpha value is -1.84. The smallest absolute Gasteiger partial charge is 0.123 e. The first kappa shape index (κ1) is 15.5. The molecule has 3 heteroatoms. The SMILES string of the molecule is COc1ccc(C(C)O)cc1CN(C)Cc1ccccc1. The summed E-state index contributed by atoms with van der Waals surface area (Å²) in [6, 6.07) is 16.2. The van der Waals surface area contributed by atoms with Crippen LogP contribution in [0.5, 0.6) is 5.75 Å². The fourth-order valence-electron chi connectivity index (χ4n) is 2.42. The molecule has 0 saturated heterocycles. The summed E-state index contributed by atoms with van der Waals surface area (Å²) in [6.07, 6.45) is -0.464. The molecule has 0 aliphatic carbocycles. The maximum absolute atomic E-state index is 9.73. The molecule has 0 saturated carbocycles. The largest absolute Gasteiger partial charge is 0.496 e. The van der Waals surface area contributed by atoms with E-state index in [0.717, 1.165) is 30.0 Å². The van der Waals surface area contributed by atoms with Crippen molar-refractivity contribution in [1.29, 1.82) is 0 Å². The van der Waals surface area contributed by atoms with Gasteiger partial charge in [-0.05, 0) is 37.2 Å². The zero-order valence-corrected chi connectivity index (χ0v) is 12.9. The van der Waals surface area contributed by atoms with Crippen LogP contribution < -0.4 is 4.74 Å². The number of nitrogens with zero attached hydrogens (tertiary/aromatic N) is 1. The summed E-state index contributed by atoms with van der Waals surface area (Å²) in [7, 11) is 3.76. The molecule has 0 bridgehead atoms. The molecule has 21 heavy (non-hydrogen) atoms. The number of rotatable bonds is 6. The molecule has 3 nitrogen and oxygen atoms in total. The van der Waals surface area contributed by atoms with Gasteiger partial charge in [-0.1, -0.05) is 36.4 Å². The summed E-state index contributed by atoms with van der Waals surface area (Å²) in [5.74, 6) is 0.860. The molecule has 0 spiro atoms. The Bertz CT molecular complexity index is 567. The zero-order chi connectivity index (χ0) is 15.2. The van der Waals surface area contributed by atoms with E-state index in [-0.39, 0.29) is 0 Å². The predicted octanol–water partition coefficient (Wildman–Crippen LogP) is 3.38. The molecular formula is C18H23NO2. The van der Waals surface area contributed by atoms with Gasteiger partial charge in [0.1, 0.15) is 5.75 Å². The molecule has 0 heterocycles. The van der Waals surface area contributed by atoms with Crippen molar-refractivity contribution in [3.05, 3.63) is 65.2 Å². The molecule has 1 atom stereocenters. The van der Waals surface area contributed by atoms with Gasteiger partial charge in [-0.15, -0.1) is 0 Å². The Morgan fingerprint density at radius 3 is 2.43 bits per heavy atom. The Morgan fingerprint density at radius 2 is 1.81 bits per heavy atom. The first-order valence-corrected chi connectivity index (χ1v) is 7.17. The van der Waals surface area contributed by atoms with Crippen LogP contribution in [-0.2, 0) is 13.1 Å². The Balaban J connectivity index is 2.12. The third-order valence-corrected chi connectivity index (χ3v) is 3.52. The minimum absolute atomic E-state index is 0.464. The van der Waals surface area contributed by atoms with E-state index >= 15 is 0 Å². The minimum Gasteiger partial charge on any atom is -0.496 e. The lowest BCUT2D eigenvalue weighted by Crippen LogP contribution is -2.18. The fourth-order valence-corrected chi connectivity index (χ4v) is 2.42. The van der Waals surface area contributed by atoms with E-state index in [1.165, 1.54) is 5.56 Å². The second-order valence-electron chi connectivity index (χ2n) is 5.41. The second kappa shape index (κ2) is 7.25. The highest BCUT2D eigenvalue weighted by Crippen LogP contribution is 2.24. The van der Waals surface area contributed by atoms with Crippen LogP contribution in [-0.4, -0.2) is 24.2 Å². The maximum Gasteiger partial charge on any atom is 0.123 e. The number of aliphatic hydroxyl groups is 1. The first-order chi connectivity index (χ1) is 10.1. The van der Waals surface area contributed by atoms with E-state index in [9.17, 15) is 5.11 Å². The van der Waals surface area contributed by atoms with Gasteiger partial charge in [0.05, 0.1) is 13.2 Å². The summed E-state index contributed by atoms with van der Waals surface area (Å²) in [5, 5.41) is 9.73.